The fraction of sp³-hybridized carbons (Fsp3) is 0.250. The molecule has 14 heavy (non-hydrogen) atoms. The molecule has 0 fully saturated rings. The Morgan fingerprint density at radius 2 is 1.86 bits per heavy atom. The van der Waals surface area contributed by atoms with E-state index in [4.69, 9.17) is 28.3 Å². The Morgan fingerprint density at radius 1 is 1.21 bits per heavy atom. The van der Waals surface area contributed by atoms with Crippen LogP contribution in [0, 0.1) is 0 Å². The lowest BCUT2D eigenvalue weighted by Gasteiger charge is -2.02. The average Bonchev–Trinajstić information content (AvgIpc) is 2.11. The molecular formula is C8H8Cl2O3S. The highest BCUT2D eigenvalue weighted by Gasteiger charge is 2.10. The summed E-state index contributed by atoms with van der Waals surface area (Å²) in [6.45, 7) is 0. The molecule has 0 aliphatic heterocycles. The standard InChI is InChI=1S/C8H8Cl2O3S/c9-7-2-1-6(3-8(7)10)4-14(12,13)5-11/h1-3,11H,4-5H2. The lowest BCUT2D eigenvalue weighted by Crippen LogP contribution is -2.08. The van der Waals surface area contributed by atoms with Crippen molar-refractivity contribution in [3.63, 3.8) is 0 Å². The summed E-state index contributed by atoms with van der Waals surface area (Å²) in [5, 5.41) is 9.21. The van der Waals surface area contributed by atoms with Crippen LogP contribution in [0.25, 0.3) is 0 Å². The molecule has 78 valence electrons. The van der Waals surface area contributed by atoms with Gasteiger partial charge in [0.05, 0.1) is 15.8 Å². The fourth-order valence-corrected chi connectivity index (χ4v) is 2.03. The molecule has 0 saturated carbocycles. The Kier molecular flexibility index (Phi) is 3.78. The lowest BCUT2D eigenvalue weighted by molar-refractivity contribution is 0.358. The number of benzene rings is 1. The van der Waals surface area contributed by atoms with E-state index in [1.807, 2.05) is 0 Å². The van der Waals surface area contributed by atoms with Crippen LogP contribution in [-0.4, -0.2) is 19.5 Å². The highest BCUT2D eigenvalue weighted by molar-refractivity contribution is 7.90. The predicted octanol–water partition coefficient (Wildman–Crippen LogP) is 1.86. The van der Waals surface area contributed by atoms with Crippen LogP contribution in [0.1, 0.15) is 5.56 Å². The monoisotopic (exact) mass is 254 g/mol. The van der Waals surface area contributed by atoms with Crippen molar-refractivity contribution >= 4 is 33.0 Å². The van der Waals surface area contributed by atoms with Gasteiger partial charge in [-0.1, -0.05) is 29.3 Å². The average molecular weight is 255 g/mol. The van der Waals surface area contributed by atoms with Crippen LogP contribution in [-0.2, 0) is 15.6 Å². The van der Waals surface area contributed by atoms with Gasteiger partial charge in [0.2, 0.25) is 0 Å². The quantitative estimate of drug-likeness (QED) is 0.896. The SMILES string of the molecule is O=S(=O)(CO)Cc1ccc(Cl)c(Cl)c1. The number of aliphatic hydroxyl groups excluding tert-OH is 1. The second kappa shape index (κ2) is 4.49. The van der Waals surface area contributed by atoms with E-state index in [0.717, 1.165) is 0 Å². The maximum atomic E-state index is 11.0. The third-order valence-corrected chi connectivity index (χ3v) is 3.47. The van der Waals surface area contributed by atoms with Gasteiger partial charge in [-0.15, -0.1) is 0 Å². The van der Waals surface area contributed by atoms with Gasteiger partial charge in [0.15, 0.2) is 9.84 Å². The molecule has 0 atom stereocenters. The summed E-state index contributed by atoms with van der Waals surface area (Å²) in [5.74, 6) is -1.10. The van der Waals surface area contributed by atoms with Crippen LogP contribution in [0.3, 0.4) is 0 Å². The van der Waals surface area contributed by atoms with E-state index < -0.39 is 15.8 Å². The van der Waals surface area contributed by atoms with E-state index in [0.29, 0.717) is 15.6 Å². The molecular weight excluding hydrogens is 247 g/mol. The first-order valence-electron chi connectivity index (χ1n) is 3.70. The highest BCUT2D eigenvalue weighted by atomic mass is 35.5. The molecule has 0 spiro atoms. The molecule has 3 nitrogen and oxygen atoms in total. The summed E-state index contributed by atoms with van der Waals surface area (Å²) in [6, 6.07) is 4.55. The number of sulfone groups is 1. The summed E-state index contributed by atoms with van der Waals surface area (Å²) in [4.78, 5) is 0. The molecule has 0 heterocycles. The van der Waals surface area contributed by atoms with Gasteiger partial charge in [-0.3, -0.25) is 0 Å². The second-order valence-electron chi connectivity index (χ2n) is 2.77. The second-order valence-corrected chi connectivity index (χ2v) is 5.61. The maximum absolute atomic E-state index is 11.0. The number of halogens is 2. The Bertz CT molecular complexity index is 428. The van der Waals surface area contributed by atoms with Gasteiger partial charge in [0.1, 0.15) is 5.94 Å². The van der Waals surface area contributed by atoms with Crippen LogP contribution >= 0.6 is 23.2 Å². The normalized spacial score (nSPS) is 11.6. The molecule has 0 radical (unpaired) electrons. The van der Waals surface area contributed by atoms with Gasteiger partial charge in [0.25, 0.3) is 0 Å². The van der Waals surface area contributed by atoms with Crippen molar-refractivity contribution in [2.45, 2.75) is 5.75 Å². The molecule has 0 saturated heterocycles. The molecule has 1 aromatic rings. The van der Waals surface area contributed by atoms with Gasteiger partial charge >= 0.3 is 0 Å². The summed E-state index contributed by atoms with van der Waals surface area (Å²) in [7, 11) is -3.45. The first-order chi connectivity index (χ1) is 6.44. The van der Waals surface area contributed by atoms with Crippen molar-refractivity contribution in [1.82, 2.24) is 0 Å². The fourth-order valence-electron chi connectivity index (χ4n) is 0.929. The van der Waals surface area contributed by atoms with Crippen molar-refractivity contribution < 1.29 is 13.5 Å². The summed E-state index contributed by atoms with van der Waals surface area (Å²) in [6.07, 6.45) is 0. The van der Waals surface area contributed by atoms with Crippen molar-refractivity contribution in [1.29, 1.82) is 0 Å². The van der Waals surface area contributed by atoms with E-state index in [2.05, 4.69) is 0 Å². The smallest absolute Gasteiger partial charge is 0.178 e. The Balaban J connectivity index is 2.94. The molecule has 0 amide bonds. The minimum Gasteiger partial charge on any atom is -0.380 e. The molecule has 0 aliphatic carbocycles. The maximum Gasteiger partial charge on any atom is 0.178 e. The molecule has 1 N–H and O–H groups in total. The van der Waals surface area contributed by atoms with Crippen LogP contribution < -0.4 is 0 Å². The minimum atomic E-state index is -3.45. The molecule has 1 aromatic carbocycles. The van der Waals surface area contributed by atoms with Gasteiger partial charge in [-0.25, -0.2) is 8.42 Å². The van der Waals surface area contributed by atoms with E-state index in [1.165, 1.54) is 12.1 Å². The molecule has 0 unspecified atom stereocenters. The first kappa shape index (κ1) is 11.8. The van der Waals surface area contributed by atoms with Crippen molar-refractivity contribution in [3.8, 4) is 0 Å². The summed E-state index contributed by atoms with van der Waals surface area (Å²) in [5.41, 5.74) is 0.508. The van der Waals surface area contributed by atoms with E-state index in [1.54, 1.807) is 6.07 Å². The molecule has 0 aliphatic rings. The van der Waals surface area contributed by atoms with E-state index >= 15 is 0 Å². The third kappa shape index (κ3) is 3.13. The molecule has 0 aromatic heterocycles. The van der Waals surface area contributed by atoms with Crippen LogP contribution in [0.2, 0.25) is 10.0 Å². The summed E-state index contributed by atoms with van der Waals surface area (Å²) < 4.78 is 22.1. The molecule has 6 heteroatoms. The topological polar surface area (TPSA) is 54.4 Å². The zero-order chi connectivity index (χ0) is 10.8. The first-order valence-corrected chi connectivity index (χ1v) is 6.27. The van der Waals surface area contributed by atoms with Crippen molar-refractivity contribution in [2.24, 2.45) is 0 Å². The zero-order valence-electron chi connectivity index (χ0n) is 7.07. The van der Waals surface area contributed by atoms with E-state index in [9.17, 15) is 8.42 Å². The highest BCUT2D eigenvalue weighted by Crippen LogP contribution is 2.23. The third-order valence-electron chi connectivity index (χ3n) is 1.57. The Hall–Kier alpha value is -0.290. The van der Waals surface area contributed by atoms with Crippen molar-refractivity contribution in [3.05, 3.63) is 33.8 Å². The van der Waals surface area contributed by atoms with Crippen molar-refractivity contribution in [2.75, 3.05) is 5.94 Å². The Morgan fingerprint density at radius 3 is 2.36 bits per heavy atom. The lowest BCUT2D eigenvalue weighted by atomic mass is 10.2. The Labute approximate surface area is 92.2 Å². The van der Waals surface area contributed by atoms with Gasteiger partial charge < -0.3 is 5.11 Å². The van der Waals surface area contributed by atoms with Gasteiger partial charge in [0, 0.05) is 0 Å². The number of aliphatic hydroxyl groups is 1. The number of rotatable bonds is 3. The predicted molar refractivity (Wildman–Crippen MR) is 56.2 cm³/mol. The summed E-state index contributed by atoms with van der Waals surface area (Å²) >= 11 is 11.4. The zero-order valence-corrected chi connectivity index (χ0v) is 9.40. The number of hydrogen-bond acceptors (Lipinski definition) is 3. The number of hydrogen-bond donors (Lipinski definition) is 1. The van der Waals surface area contributed by atoms with Crippen LogP contribution in [0.4, 0.5) is 0 Å². The van der Waals surface area contributed by atoms with Gasteiger partial charge in [-0.05, 0) is 17.7 Å². The molecule has 0 bridgehead atoms. The largest absolute Gasteiger partial charge is 0.380 e. The molecule has 1 rings (SSSR count). The minimum absolute atomic E-state index is 0.236. The van der Waals surface area contributed by atoms with Gasteiger partial charge in [-0.2, -0.15) is 0 Å². The van der Waals surface area contributed by atoms with Crippen LogP contribution in [0.5, 0.6) is 0 Å². The van der Waals surface area contributed by atoms with Crippen LogP contribution in [0.15, 0.2) is 18.2 Å². The van der Waals surface area contributed by atoms with E-state index in [-0.39, 0.29) is 5.75 Å².